The second kappa shape index (κ2) is 5.43. The molecule has 0 unspecified atom stereocenters. The number of hydrogen-bond donors (Lipinski definition) is 2. The Morgan fingerprint density at radius 1 is 1.50 bits per heavy atom. The molecule has 5 heteroatoms. The largest absolute Gasteiger partial charge is 0.497 e. The molecule has 1 rings (SSSR count). The summed E-state index contributed by atoms with van der Waals surface area (Å²) in [6.07, 6.45) is 5.15. The number of carbonyl (C=O) groups is 1. The van der Waals surface area contributed by atoms with E-state index in [0.717, 1.165) is 0 Å². The van der Waals surface area contributed by atoms with Crippen molar-refractivity contribution in [2.45, 2.75) is 12.0 Å². The zero-order valence-corrected chi connectivity index (χ0v) is 10.3. The quantitative estimate of drug-likeness (QED) is 0.749. The number of ether oxygens (including phenoxy) is 2. The number of benzene rings is 1. The molecule has 0 saturated carbocycles. The molecule has 96 valence electrons. The summed E-state index contributed by atoms with van der Waals surface area (Å²) in [5, 5.41) is 9.04. The van der Waals surface area contributed by atoms with Crippen LogP contribution in [-0.4, -0.2) is 30.8 Å². The number of aliphatic carboxylic acids is 1. The van der Waals surface area contributed by atoms with Crippen molar-refractivity contribution in [3.05, 3.63) is 23.8 Å². The summed E-state index contributed by atoms with van der Waals surface area (Å²) < 4.78 is 10.2. The molecule has 1 atom stereocenters. The van der Waals surface area contributed by atoms with Gasteiger partial charge in [0.15, 0.2) is 5.54 Å². The number of carboxylic acids is 1. The van der Waals surface area contributed by atoms with Crippen LogP contribution in [0, 0.1) is 12.3 Å². The summed E-state index contributed by atoms with van der Waals surface area (Å²) in [4.78, 5) is 11.1. The van der Waals surface area contributed by atoms with Gasteiger partial charge in [0, 0.05) is 12.0 Å². The molecule has 0 aliphatic carbocycles. The van der Waals surface area contributed by atoms with Gasteiger partial charge in [0.25, 0.3) is 0 Å². The van der Waals surface area contributed by atoms with Crippen LogP contribution in [0.1, 0.15) is 5.56 Å². The first-order valence-corrected chi connectivity index (χ1v) is 5.17. The third kappa shape index (κ3) is 2.73. The first-order chi connectivity index (χ1) is 8.46. The van der Waals surface area contributed by atoms with Crippen LogP contribution in [0.4, 0.5) is 0 Å². The Hall–Kier alpha value is -2.19. The molecule has 0 aliphatic rings. The van der Waals surface area contributed by atoms with Gasteiger partial charge in [0.2, 0.25) is 0 Å². The molecule has 0 radical (unpaired) electrons. The minimum atomic E-state index is -1.76. The molecule has 0 saturated heterocycles. The average Bonchev–Trinajstić information content (AvgIpc) is 2.38. The summed E-state index contributed by atoms with van der Waals surface area (Å²) in [5.41, 5.74) is 4.47. The molecule has 0 aliphatic heterocycles. The topological polar surface area (TPSA) is 81.8 Å². The van der Waals surface area contributed by atoms with E-state index in [1.807, 2.05) is 0 Å². The zero-order valence-electron chi connectivity index (χ0n) is 10.3. The highest BCUT2D eigenvalue weighted by Gasteiger charge is 2.33. The standard InChI is InChI=1S/C13H15NO4/c1-4-13(14,12(15)16)8-9-7-10(17-2)5-6-11(9)18-3/h1,5-7H,8,14H2,2-3H3,(H,15,16)/t13-/m0/s1. The Morgan fingerprint density at radius 3 is 2.61 bits per heavy atom. The molecule has 5 nitrogen and oxygen atoms in total. The molecule has 0 bridgehead atoms. The summed E-state index contributed by atoms with van der Waals surface area (Å²) >= 11 is 0. The van der Waals surface area contributed by atoms with Gasteiger partial charge in [-0.05, 0) is 18.2 Å². The third-order valence-electron chi connectivity index (χ3n) is 2.60. The minimum absolute atomic E-state index is 0.0425. The lowest BCUT2D eigenvalue weighted by atomic mass is 9.92. The summed E-state index contributed by atoms with van der Waals surface area (Å²) in [6.45, 7) is 0. The third-order valence-corrected chi connectivity index (χ3v) is 2.60. The van der Waals surface area contributed by atoms with E-state index < -0.39 is 11.5 Å². The van der Waals surface area contributed by atoms with Crippen molar-refractivity contribution in [3.8, 4) is 23.8 Å². The average molecular weight is 249 g/mol. The van der Waals surface area contributed by atoms with Crippen molar-refractivity contribution in [1.29, 1.82) is 0 Å². The Bertz CT molecular complexity index is 492. The number of rotatable bonds is 5. The van der Waals surface area contributed by atoms with E-state index in [4.69, 9.17) is 26.7 Å². The molecule has 0 fully saturated rings. The van der Waals surface area contributed by atoms with E-state index in [1.165, 1.54) is 14.2 Å². The SMILES string of the molecule is C#C[C@](N)(Cc1cc(OC)ccc1OC)C(=O)O. The van der Waals surface area contributed by atoms with Crippen molar-refractivity contribution in [3.63, 3.8) is 0 Å². The molecular weight excluding hydrogens is 234 g/mol. The second-order valence-corrected chi connectivity index (χ2v) is 3.78. The van der Waals surface area contributed by atoms with Gasteiger partial charge in [0.05, 0.1) is 14.2 Å². The minimum Gasteiger partial charge on any atom is -0.497 e. The predicted octanol–water partition coefficient (Wildman–Crippen LogP) is 0.662. The van der Waals surface area contributed by atoms with E-state index >= 15 is 0 Å². The van der Waals surface area contributed by atoms with Crippen molar-refractivity contribution in [1.82, 2.24) is 0 Å². The first-order valence-electron chi connectivity index (χ1n) is 5.17. The van der Waals surface area contributed by atoms with Gasteiger partial charge in [0.1, 0.15) is 11.5 Å². The van der Waals surface area contributed by atoms with Gasteiger partial charge < -0.3 is 20.3 Å². The van der Waals surface area contributed by atoms with E-state index in [1.54, 1.807) is 18.2 Å². The lowest BCUT2D eigenvalue weighted by Crippen LogP contribution is -2.48. The number of hydrogen-bond acceptors (Lipinski definition) is 4. The maximum absolute atomic E-state index is 11.1. The lowest BCUT2D eigenvalue weighted by molar-refractivity contribution is -0.141. The Kier molecular flexibility index (Phi) is 4.18. The molecule has 0 amide bonds. The number of methoxy groups -OCH3 is 2. The lowest BCUT2D eigenvalue weighted by Gasteiger charge is -2.20. The molecule has 0 aromatic heterocycles. The molecule has 1 aromatic rings. The molecule has 0 heterocycles. The molecule has 18 heavy (non-hydrogen) atoms. The molecule has 3 N–H and O–H groups in total. The number of nitrogens with two attached hydrogens (primary N) is 1. The van der Waals surface area contributed by atoms with Crippen LogP contribution in [0.25, 0.3) is 0 Å². The van der Waals surface area contributed by atoms with Crippen molar-refractivity contribution < 1.29 is 19.4 Å². The fraction of sp³-hybridized carbons (Fsp3) is 0.308. The van der Waals surface area contributed by atoms with Crippen LogP contribution in [0.15, 0.2) is 18.2 Å². The Labute approximate surface area is 106 Å². The van der Waals surface area contributed by atoms with Crippen molar-refractivity contribution in [2.75, 3.05) is 14.2 Å². The highest BCUT2D eigenvalue weighted by molar-refractivity contribution is 5.83. The van der Waals surface area contributed by atoms with E-state index in [-0.39, 0.29) is 6.42 Å². The molecule has 0 spiro atoms. The molecular formula is C13H15NO4. The van der Waals surface area contributed by atoms with Gasteiger partial charge in [-0.3, -0.25) is 0 Å². The zero-order chi connectivity index (χ0) is 13.8. The van der Waals surface area contributed by atoms with Crippen LogP contribution in [0.3, 0.4) is 0 Å². The van der Waals surface area contributed by atoms with E-state index in [0.29, 0.717) is 17.1 Å². The van der Waals surface area contributed by atoms with Gasteiger partial charge >= 0.3 is 5.97 Å². The highest BCUT2D eigenvalue weighted by Crippen LogP contribution is 2.26. The smallest absolute Gasteiger partial charge is 0.336 e. The number of terminal acetylenes is 1. The van der Waals surface area contributed by atoms with E-state index in [9.17, 15) is 4.79 Å². The fourth-order valence-corrected chi connectivity index (χ4v) is 1.51. The van der Waals surface area contributed by atoms with Gasteiger partial charge in [-0.25, -0.2) is 4.79 Å². The molecule has 1 aromatic carbocycles. The maximum atomic E-state index is 11.1. The van der Waals surface area contributed by atoms with Crippen molar-refractivity contribution in [2.24, 2.45) is 5.73 Å². The van der Waals surface area contributed by atoms with Gasteiger partial charge in [-0.2, -0.15) is 0 Å². The van der Waals surface area contributed by atoms with Crippen LogP contribution in [0.5, 0.6) is 11.5 Å². The highest BCUT2D eigenvalue weighted by atomic mass is 16.5. The Morgan fingerprint density at radius 2 is 2.17 bits per heavy atom. The van der Waals surface area contributed by atoms with Crippen LogP contribution in [0.2, 0.25) is 0 Å². The normalized spacial score (nSPS) is 13.2. The van der Waals surface area contributed by atoms with Crippen LogP contribution in [-0.2, 0) is 11.2 Å². The summed E-state index contributed by atoms with van der Waals surface area (Å²) in [6, 6.07) is 5.03. The number of carboxylic acid groups (broad SMARTS) is 1. The van der Waals surface area contributed by atoms with Crippen LogP contribution >= 0.6 is 0 Å². The summed E-state index contributed by atoms with van der Waals surface area (Å²) in [5.74, 6) is 1.94. The fourth-order valence-electron chi connectivity index (χ4n) is 1.51. The summed E-state index contributed by atoms with van der Waals surface area (Å²) in [7, 11) is 3.00. The maximum Gasteiger partial charge on any atom is 0.336 e. The second-order valence-electron chi connectivity index (χ2n) is 3.78. The van der Waals surface area contributed by atoms with Gasteiger partial charge in [-0.1, -0.05) is 5.92 Å². The van der Waals surface area contributed by atoms with Gasteiger partial charge in [-0.15, -0.1) is 6.42 Å². The monoisotopic (exact) mass is 249 g/mol. The van der Waals surface area contributed by atoms with Crippen LogP contribution < -0.4 is 15.2 Å². The van der Waals surface area contributed by atoms with E-state index in [2.05, 4.69) is 5.92 Å². The first kappa shape index (κ1) is 13.9. The predicted molar refractivity (Wildman–Crippen MR) is 66.6 cm³/mol. The Balaban J connectivity index is 3.16. The van der Waals surface area contributed by atoms with Crippen molar-refractivity contribution >= 4 is 5.97 Å².